The topological polar surface area (TPSA) is 74.8 Å². The molecule has 0 aliphatic carbocycles. The largest absolute Gasteiger partial charge is 0.454 e. The van der Waals surface area contributed by atoms with E-state index in [1.54, 1.807) is 6.07 Å². The lowest BCUT2D eigenvalue weighted by Gasteiger charge is -2.36. The van der Waals surface area contributed by atoms with Gasteiger partial charge in [-0.3, -0.25) is 4.90 Å². The summed E-state index contributed by atoms with van der Waals surface area (Å²) in [6.45, 7) is 4.87. The molecule has 2 aromatic carbocycles. The molecule has 2 N–H and O–H groups in total. The SMILES string of the molecule is N#Cc1cc(N)ccc1N1CCN(Cc2ccc3c(c2)OCO3)CC1. The maximum Gasteiger partial charge on any atom is 0.231 e. The quantitative estimate of drug-likeness (QED) is 0.866. The second-order valence-corrected chi connectivity index (χ2v) is 6.34. The molecule has 0 amide bonds. The number of piperazine rings is 1. The van der Waals surface area contributed by atoms with Gasteiger partial charge in [-0.15, -0.1) is 0 Å². The highest BCUT2D eigenvalue weighted by Crippen LogP contribution is 2.33. The van der Waals surface area contributed by atoms with Crippen molar-refractivity contribution >= 4 is 11.4 Å². The summed E-state index contributed by atoms with van der Waals surface area (Å²) in [5.74, 6) is 1.65. The van der Waals surface area contributed by atoms with Crippen molar-refractivity contribution in [2.75, 3.05) is 43.6 Å². The molecule has 0 unspecified atom stereocenters. The van der Waals surface area contributed by atoms with Crippen molar-refractivity contribution in [3.8, 4) is 17.6 Å². The molecular weight excluding hydrogens is 316 g/mol. The molecule has 25 heavy (non-hydrogen) atoms. The summed E-state index contributed by atoms with van der Waals surface area (Å²) >= 11 is 0. The number of nitrogens with two attached hydrogens (primary N) is 1. The minimum Gasteiger partial charge on any atom is -0.454 e. The third kappa shape index (κ3) is 3.19. The van der Waals surface area contributed by atoms with E-state index in [9.17, 15) is 5.26 Å². The average molecular weight is 336 g/mol. The first-order valence-corrected chi connectivity index (χ1v) is 8.38. The summed E-state index contributed by atoms with van der Waals surface area (Å²) in [7, 11) is 0. The van der Waals surface area contributed by atoms with Crippen LogP contribution in [-0.4, -0.2) is 37.9 Å². The molecule has 2 aliphatic heterocycles. The summed E-state index contributed by atoms with van der Waals surface area (Å²) in [4.78, 5) is 4.67. The predicted octanol–water partition coefficient (Wildman–Crippen LogP) is 2.19. The van der Waals surface area contributed by atoms with Crippen molar-refractivity contribution in [1.82, 2.24) is 4.90 Å². The minimum absolute atomic E-state index is 0.306. The average Bonchev–Trinajstić information content (AvgIpc) is 3.10. The lowest BCUT2D eigenvalue weighted by Crippen LogP contribution is -2.46. The Kier molecular flexibility index (Phi) is 4.08. The third-order valence-electron chi connectivity index (χ3n) is 4.70. The van der Waals surface area contributed by atoms with Crippen LogP contribution in [0.25, 0.3) is 0 Å². The van der Waals surface area contributed by atoms with Gasteiger partial charge in [0.05, 0.1) is 11.3 Å². The maximum absolute atomic E-state index is 9.33. The van der Waals surface area contributed by atoms with Gasteiger partial charge in [-0.05, 0) is 35.9 Å². The van der Waals surface area contributed by atoms with Crippen LogP contribution in [0, 0.1) is 11.3 Å². The van der Waals surface area contributed by atoms with Crippen LogP contribution in [0.2, 0.25) is 0 Å². The fourth-order valence-electron chi connectivity index (χ4n) is 3.36. The Morgan fingerprint density at radius 2 is 1.80 bits per heavy atom. The molecule has 1 saturated heterocycles. The maximum atomic E-state index is 9.33. The number of nitrogens with zero attached hydrogens (tertiary/aromatic N) is 3. The number of anilines is 2. The lowest BCUT2D eigenvalue weighted by molar-refractivity contribution is 0.174. The Bertz CT molecular complexity index is 823. The van der Waals surface area contributed by atoms with Crippen LogP contribution in [0.15, 0.2) is 36.4 Å². The zero-order chi connectivity index (χ0) is 17.2. The molecule has 6 heteroatoms. The molecular formula is C19H20N4O2. The zero-order valence-electron chi connectivity index (χ0n) is 13.9. The van der Waals surface area contributed by atoms with Crippen molar-refractivity contribution in [3.05, 3.63) is 47.5 Å². The number of hydrogen-bond acceptors (Lipinski definition) is 6. The molecule has 128 valence electrons. The van der Waals surface area contributed by atoms with E-state index < -0.39 is 0 Å². The summed E-state index contributed by atoms with van der Waals surface area (Å²) in [6, 6.07) is 13.9. The number of hydrogen-bond donors (Lipinski definition) is 1. The minimum atomic E-state index is 0.306. The van der Waals surface area contributed by atoms with Crippen LogP contribution < -0.4 is 20.1 Å². The number of nitriles is 1. The Morgan fingerprint density at radius 3 is 2.60 bits per heavy atom. The lowest BCUT2D eigenvalue weighted by atomic mass is 10.1. The van der Waals surface area contributed by atoms with Crippen LogP contribution in [0.3, 0.4) is 0 Å². The number of rotatable bonds is 3. The van der Waals surface area contributed by atoms with Gasteiger partial charge in [0.1, 0.15) is 6.07 Å². The van der Waals surface area contributed by atoms with E-state index in [4.69, 9.17) is 15.2 Å². The second-order valence-electron chi connectivity index (χ2n) is 6.34. The van der Waals surface area contributed by atoms with Crippen LogP contribution in [-0.2, 0) is 6.54 Å². The third-order valence-corrected chi connectivity index (χ3v) is 4.70. The summed E-state index contributed by atoms with van der Waals surface area (Å²) in [5.41, 5.74) is 9.25. The van der Waals surface area contributed by atoms with Crippen LogP contribution in [0.4, 0.5) is 11.4 Å². The Hall–Kier alpha value is -2.91. The van der Waals surface area contributed by atoms with Crippen molar-refractivity contribution in [2.24, 2.45) is 0 Å². The van der Waals surface area contributed by atoms with Gasteiger partial charge in [0.15, 0.2) is 11.5 Å². The van der Waals surface area contributed by atoms with Crippen molar-refractivity contribution in [3.63, 3.8) is 0 Å². The Balaban J connectivity index is 1.39. The Morgan fingerprint density at radius 1 is 1.00 bits per heavy atom. The molecule has 0 bridgehead atoms. The molecule has 6 nitrogen and oxygen atoms in total. The molecule has 0 saturated carbocycles. The smallest absolute Gasteiger partial charge is 0.231 e. The van der Waals surface area contributed by atoms with E-state index in [1.807, 2.05) is 18.2 Å². The number of ether oxygens (including phenoxy) is 2. The van der Waals surface area contributed by atoms with Gasteiger partial charge in [0, 0.05) is 38.4 Å². The van der Waals surface area contributed by atoms with Gasteiger partial charge < -0.3 is 20.1 Å². The molecule has 0 atom stereocenters. The molecule has 0 spiro atoms. The molecule has 1 fully saturated rings. The highest BCUT2D eigenvalue weighted by molar-refractivity contribution is 5.64. The fraction of sp³-hybridized carbons (Fsp3) is 0.316. The van der Waals surface area contributed by atoms with Crippen LogP contribution in [0.1, 0.15) is 11.1 Å². The molecule has 2 aliphatic rings. The van der Waals surface area contributed by atoms with Gasteiger partial charge in [-0.2, -0.15) is 5.26 Å². The van der Waals surface area contributed by atoms with Gasteiger partial charge in [-0.25, -0.2) is 0 Å². The zero-order valence-corrected chi connectivity index (χ0v) is 13.9. The molecule has 0 aromatic heterocycles. The highest BCUT2D eigenvalue weighted by Gasteiger charge is 2.20. The van der Waals surface area contributed by atoms with E-state index in [0.29, 0.717) is 18.0 Å². The Labute approximate surface area is 147 Å². The number of fused-ring (bicyclic) bond motifs is 1. The van der Waals surface area contributed by atoms with E-state index in [0.717, 1.165) is 49.9 Å². The van der Waals surface area contributed by atoms with E-state index >= 15 is 0 Å². The van der Waals surface area contributed by atoms with Gasteiger partial charge in [0.2, 0.25) is 6.79 Å². The summed E-state index contributed by atoms with van der Waals surface area (Å²) in [5, 5.41) is 9.33. The standard InChI is InChI=1S/C19H20N4O2/c20-11-15-10-16(21)2-3-17(15)23-7-5-22(6-8-23)12-14-1-4-18-19(9-14)25-13-24-18/h1-4,9-10H,5-8,12-13,21H2. The fourth-order valence-corrected chi connectivity index (χ4v) is 3.36. The normalized spacial score (nSPS) is 16.7. The van der Waals surface area contributed by atoms with E-state index in [-0.39, 0.29) is 0 Å². The van der Waals surface area contributed by atoms with Crippen LogP contribution >= 0.6 is 0 Å². The van der Waals surface area contributed by atoms with Gasteiger partial charge in [0.25, 0.3) is 0 Å². The van der Waals surface area contributed by atoms with Crippen molar-refractivity contribution in [1.29, 1.82) is 5.26 Å². The first kappa shape index (κ1) is 15.6. The van der Waals surface area contributed by atoms with Crippen molar-refractivity contribution in [2.45, 2.75) is 6.54 Å². The molecule has 4 rings (SSSR count). The summed E-state index contributed by atoms with van der Waals surface area (Å²) < 4.78 is 10.8. The first-order valence-electron chi connectivity index (χ1n) is 8.38. The first-order chi connectivity index (χ1) is 12.2. The predicted molar refractivity (Wildman–Crippen MR) is 95.6 cm³/mol. The number of nitrogen functional groups attached to an aromatic ring is 1. The molecule has 0 radical (unpaired) electrons. The van der Waals surface area contributed by atoms with Gasteiger partial charge >= 0.3 is 0 Å². The molecule has 2 heterocycles. The van der Waals surface area contributed by atoms with Gasteiger partial charge in [-0.1, -0.05) is 6.07 Å². The van der Waals surface area contributed by atoms with E-state index in [2.05, 4.69) is 28.0 Å². The number of benzene rings is 2. The second kappa shape index (κ2) is 6.54. The van der Waals surface area contributed by atoms with Crippen molar-refractivity contribution < 1.29 is 9.47 Å². The monoisotopic (exact) mass is 336 g/mol. The summed E-state index contributed by atoms with van der Waals surface area (Å²) in [6.07, 6.45) is 0. The highest BCUT2D eigenvalue weighted by atomic mass is 16.7. The van der Waals surface area contributed by atoms with Crippen LogP contribution in [0.5, 0.6) is 11.5 Å². The molecule has 2 aromatic rings. The van der Waals surface area contributed by atoms with E-state index in [1.165, 1.54) is 5.56 Å².